The molecule has 0 aliphatic rings. The van der Waals surface area contributed by atoms with E-state index in [2.05, 4.69) is 15.9 Å². The van der Waals surface area contributed by atoms with Crippen molar-refractivity contribution in [2.45, 2.75) is 20.8 Å². The zero-order chi connectivity index (χ0) is 10.4. The van der Waals surface area contributed by atoms with E-state index in [4.69, 9.17) is 0 Å². The maximum Gasteiger partial charge on any atom is 0.219 e. The Morgan fingerprint density at radius 3 is 2.31 bits per heavy atom. The van der Waals surface area contributed by atoms with Gasteiger partial charge in [0.05, 0.1) is 5.33 Å². The first-order chi connectivity index (χ1) is 6.02. The number of nitrogens with zero attached hydrogens (tertiary/aromatic N) is 1. The number of hydrogen-bond acceptors (Lipinski definition) is 2. The molecule has 0 aromatic heterocycles. The van der Waals surface area contributed by atoms with E-state index in [0.29, 0.717) is 18.4 Å². The van der Waals surface area contributed by atoms with E-state index in [-0.39, 0.29) is 17.6 Å². The van der Waals surface area contributed by atoms with Crippen LogP contribution in [0.1, 0.15) is 20.8 Å². The lowest BCUT2D eigenvalue weighted by atomic mass is 10.1. The van der Waals surface area contributed by atoms with E-state index in [1.165, 1.54) is 6.92 Å². The minimum atomic E-state index is -0.0803. The molecule has 0 spiro atoms. The molecule has 0 aromatic rings. The van der Waals surface area contributed by atoms with Crippen LogP contribution in [-0.2, 0) is 9.59 Å². The Morgan fingerprint density at radius 2 is 2.00 bits per heavy atom. The van der Waals surface area contributed by atoms with Crippen LogP contribution in [0.4, 0.5) is 0 Å². The molecule has 1 amide bonds. The minimum absolute atomic E-state index is 0.0247. The molecule has 0 fully saturated rings. The van der Waals surface area contributed by atoms with Crippen LogP contribution in [0.15, 0.2) is 0 Å². The number of amides is 1. The summed E-state index contributed by atoms with van der Waals surface area (Å²) in [6.07, 6.45) is 0. The topological polar surface area (TPSA) is 37.4 Å². The molecule has 0 heterocycles. The molecule has 0 saturated heterocycles. The van der Waals surface area contributed by atoms with Crippen LogP contribution in [0.25, 0.3) is 0 Å². The summed E-state index contributed by atoms with van der Waals surface area (Å²) in [5, 5.41) is 0.365. The van der Waals surface area contributed by atoms with Crippen LogP contribution in [0.3, 0.4) is 0 Å². The van der Waals surface area contributed by atoms with Gasteiger partial charge in [-0.3, -0.25) is 9.59 Å². The van der Waals surface area contributed by atoms with Gasteiger partial charge in [-0.1, -0.05) is 22.9 Å². The van der Waals surface area contributed by atoms with Crippen molar-refractivity contribution >= 4 is 27.6 Å². The fraction of sp³-hybridized carbons (Fsp3) is 0.778. The van der Waals surface area contributed by atoms with E-state index in [0.717, 1.165) is 0 Å². The van der Waals surface area contributed by atoms with Crippen LogP contribution in [0, 0.1) is 5.92 Å². The van der Waals surface area contributed by atoms with E-state index in [1.807, 2.05) is 13.8 Å². The Balaban J connectivity index is 4.08. The largest absolute Gasteiger partial charge is 0.343 e. The Bertz CT molecular complexity index is 194. The van der Waals surface area contributed by atoms with Gasteiger partial charge in [-0.15, -0.1) is 0 Å². The number of Topliss-reactive ketones (excluding diaryl/α,β-unsaturated/α-hetero) is 1. The molecule has 0 rings (SSSR count). The lowest BCUT2D eigenvalue weighted by molar-refractivity contribution is -0.130. The predicted molar refractivity (Wildman–Crippen MR) is 55.9 cm³/mol. The summed E-state index contributed by atoms with van der Waals surface area (Å²) in [4.78, 5) is 23.9. The fourth-order valence-corrected chi connectivity index (χ4v) is 1.60. The van der Waals surface area contributed by atoms with Crippen LogP contribution >= 0.6 is 15.9 Å². The normalized spacial score (nSPS) is 12.3. The van der Waals surface area contributed by atoms with E-state index in [9.17, 15) is 9.59 Å². The SMILES string of the molecule is CCN(CC(C)C(=O)CBr)C(C)=O. The quantitative estimate of drug-likeness (QED) is 0.692. The highest BCUT2D eigenvalue weighted by molar-refractivity contribution is 9.09. The summed E-state index contributed by atoms with van der Waals surface area (Å²) in [7, 11) is 0. The monoisotopic (exact) mass is 249 g/mol. The van der Waals surface area contributed by atoms with Crippen LogP contribution in [0.2, 0.25) is 0 Å². The van der Waals surface area contributed by atoms with Gasteiger partial charge in [-0.05, 0) is 6.92 Å². The molecule has 0 aliphatic carbocycles. The maximum absolute atomic E-state index is 11.2. The Morgan fingerprint density at radius 1 is 1.46 bits per heavy atom. The van der Waals surface area contributed by atoms with Gasteiger partial charge in [0, 0.05) is 25.9 Å². The van der Waals surface area contributed by atoms with Gasteiger partial charge in [0.1, 0.15) is 5.78 Å². The molecule has 0 N–H and O–H groups in total. The zero-order valence-corrected chi connectivity index (χ0v) is 9.93. The van der Waals surface area contributed by atoms with Crippen LogP contribution < -0.4 is 0 Å². The predicted octanol–water partition coefficient (Wildman–Crippen LogP) is 1.45. The van der Waals surface area contributed by atoms with Gasteiger partial charge in [0.2, 0.25) is 5.91 Å². The third kappa shape index (κ3) is 4.41. The Hall–Kier alpha value is -0.380. The highest BCUT2D eigenvalue weighted by Gasteiger charge is 2.16. The molecule has 1 atom stereocenters. The lowest BCUT2D eigenvalue weighted by Gasteiger charge is -2.21. The molecule has 3 nitrogen and oxygen atoms in total. The number of carbonyl (C=O) groups is 2. The second-order valence-corrected chi connectivity index (χ2v) is 3.62. The standard InChI is InChI=1S/C9H16BrNO2/c1-4-11(8(3)12)6-7(2)9(13)5-10/h7H,4-6H2,1-3H3. The van der Waals surface area contributed by atoms with Gasteiger partial charge in [0.15, 0.2) is 0 Å². The van der Waals surface area contributed by atoms with Crippen molar-refractivity contribution in [2.75, 3.05) is 18.4 Å². The van der Waals surface area contributed by atoms with Gasteiger partial charge < -0.3 is 4.90 Å². The maximum atomic E-state index is 11.2. The van der Waals surface area contributed by atoms with Crippen molar-refractivity contribution in [1.29, 1.82) is 0 Å². The van der Waals surface area contributed by atoms with E-state index < -0.39 is 0 Å². The summed E-state index contributed by atoms with van der Waals surface area (Å²) in [5.74, 6) is 0.0830. The van der Waals surface area contributed by atoms with Gasteiger partial charge in [-0.2, -0.15) is 0 Å². The van der Waals surface area contributed by atoms with E-state index in [1.54, 1.807) is 4.90 Å². The highest BCUT2D eigenvalue weighted by Crippen LogP contribution is 2.03. The molecule has 0 saturated carbocycles. The third-order valence-electron chi connectivity index (χ3n) is 2.00. The molecular weight excluding hydrogens is 234 g/mol. The summed E-state index contributed by atoms with van der Waals surface area (Å²) in [6.45, 7) is 6.46. The average molecular weight is 250 g/mol. The van der Waals surface area contributed by atoms with Crippen molar-refractivity contribution in [3.63, 3.8) is 0 Å². The minimum Gasteiger partial charge on any atom is -0.343 e. The Kier molecular flexibility index (Phi) is 5.95. The molecule has 4 heteroatoms. The molecule has 0 bridgehead atoms. The van der Waals surface area contributed by atoms with Crippen LogP contribution in [0.5, 0.6) is 0 Å². The van der Waals surface area contributed by atoms with Crippen molar-refractivity contribution in [3.8, 4) is 0 Å². The molecule has 1 unspecified atom stereocenters. The summed E-state index contributed by atoms with van der Waals surface area (Å²) in [5.41, 5.74) is 0. The van der Waals surface area contributed by atoms with E-state index >= 15 is 0 Å². The first kappa shape index (κ1) is 12.6. The van der Waals surface area contributed by atoms with Gasteiger partial charge in [0.25, 0.3) is 0 Å². The summed E-state index contributed by atoms with van der Waals surface area (Å²) >= 11 is 3.11. The summed E-state index contributed by atoms with van der Waals surface area (Å²) < 4.78 is 0. The van der Waals surface area contributed by atoms with Crippen molar-refractivity contribution < 1.29 is 9.59 Å². The molecule has 0 radical (unpaired) electrons. The molecule has 76 valence electrons. The first-order valence-electron chi connectivity index (χ1n) is 4.37. The van der Waals surface area contributed by atoms with Crippen molar-refractivity contribution in [3.05, 3.63) is 0 Å². The fourth-order valence-electron chi connectivity index (χ4n) is 1.04. The number of carbonyl (C=O) groups excluding carboxylic acids is 2. The highest BCUT2D eigenvalue weighted by atomic mass is 79.9. The number of halogens is 1. The first-order valence-corrected chi connectivity index (χ1v) is 5.49. The van der Waals surface area contributed by atoms with Gasteiger partial charge >= 0.3 is 0 Å². The smallest absolute Gasteiger partial charge is 0.219 e. The second-order valence-electron chi connectivity index (χ2n) is 3.06. The average Bonchev–Trinajstić information content (AvgIpc) is 2.11. The van der Waals surface area contributed by atoms with Gasteiger partial charge in [-0.25, -0.2) is 0 Å². The van der Waals surface area contributed by atoms with Crippen LogP contribution in [-0.4, -0.2) is 35.0 Å². The molecule has 13 heavy (non-hydrogen) atoms. The lowest BCUT2D eigenvalue weighted by Crippen LogP contribution is -2.35. The second kappa shape index (κ2) is 6.13. The summed E-state index contributed by atoms with van der Waals surface area (Å²) in [6, 6.07) is 0. The zero-order valence-electron chi connectivity index (χ0n) is 8.34. The van der Waals surface area contributed by atoms with Crippen molar-refractivity contribution in [1.82, 2.24) is 4.90 Å². The molecule has 0 aliphatic heterocycles. The third-order valence-corrected chi connectivity index (χ3v) is 2.56. The molecular formula is C9H16BrNO2. The Labute approximate surface area is 87.6 Å². The number of hydrogen-bond donors (Lipinski definition) is 0. The number of alkyl halides is 1. The van der Waals surface area contributed by atoms with Crippen molar-refractivity contribution in [2.24, 2.45) is 5.92 Å². The molecule has 0 aromatic carbocycles. The number of rotatable bonds is 5. The number of ketones is 1.